The van der Waals surface area contributed by atoms with Crippen molar-refractivity contribution < 1.29 is 9.59 Å². The Bertz CT molecular complexity index is 1040. The minimum absolute atomic E-state index is 0.253. The molecule has 2 aromatic heterocycles. The number of carbonyl (C=O) groups excluding carboxylic acids is 2. The molecular weight excluding hydrogens is 402 g/mol. The second-order valence-electron chi connectivity index (χ2n) is 10.2. The zero-order valence-corrected chi connectivity index (χ0v) is 19.6. The number of hydrogen-bond acceptors (Lipinski definition) is 4. The Morgan fingerprint density at radius 2 is 1.88 bits per heavy atom. The Morgan fingerprint density at radius 3 is 2.62 bits per heavy atom. The van der Waals surface area contributed by atoms with E-state index in [0.717, 1.165) is 80.2 Å². The van der Waals surface area contributed by atoms with Crippen molar-refractivity contribution in [3.63, 3.8) is 0 Å². The molecule has 1 saturated carbocycles. The molecule has 0 bridgehead atoms. The Labute approximate surface area is 190 Å². The summed E-state index contributed by atoms with van der Waals surface area (Å²) in [6, 6.07) is 2.08. The highest BCUT2D eigenvalue weighted by atomic mass is 16.2. The third-order valence-electron chi connectivity index (χ3n) is 7.63. The Hall–Kier alpha value is -2.44. The van der Waals surface area contributed by atoms with Crippen LogP contribution in [-0.4, -0.2) is 62.4 Å². The number of aromatic nitrogens is 3. The van der Waals surface area contributed by atoms with Crippen molar-refractivity contribution in [3.05, 3.63) is 28.7 Å². The largest absolute Gasteiger partial charge is 0.342 e. The second-order valence-corrected chi connectivity index (χ2v) is 10.2. The normalized spacial score (nSPS) is 23.8. The molecule has 2 aliphatic heterocycles. The summed E-state index contributed by atoms with van der Waals surface area (Å²) >= 11 is 0. The molecule has 1 aliphatic carbocycles. The SMILES string of the molecule is Cc1nc2cc([C@@H]3CCN(C(=O)C4CC4)C3)nn2c(C)c1CCC(=O)N1CCC[C@H](C)C1. The monoisotopic (exact) mass is 437 g/mol. The molecule has 5 rings (SSSR count). The number of aryl methyl sites for hydroxylation is 2. The average molecular weight is 438 g/mol. The maximum Gasteiger partial charge on any atom is 0.225 e. The Kier molecular flexibility index (Phi) is 5.68. The number of hydrogen-bond donors (Lipinski definition) is 0. The van der Waals surface area contributed by atoms with Gasteiger partial charge in [-0.2, -0.15) is 5.10 Å². The van der Waals surface area contributed by atoms with Crippen LogP contribution in [0.25, 0.3) is 5.65 Å². The predicted molar refractivity (Wildman–Crippen MR) is 122 cm³/mol. The van der Waals surface area contributed by atoms with Gasteiger partial charge in [0.1, 0.15) is 0 Å². The summed E-state index contributed by atoms with van der Waals surface area (Å²) in [5, 5.41) is 4.90. The molecule has 7 nitrogen and oxygen atoms in total. The fraction of sp³-hybridized carbons (Fsp3) is 0.680. The quantitative estimate of drug-likeness (QED) is 0.720. The summed E-state index contributed by atoms with van der Waals surface area (Å²) in [5.41, 5.74) is 5.08. The second kappa shape index (κ2) is 8.49. The molecule has 0 spiro atoms. The molecule has 2 aromatic rings. The molecular formula is C25H35N5O2. The number of amides is 2. The number of piperidine rings is 1. The van der Waals surface area contributed by atoms with Gasteiger partial charge in [-0.15, -0.1) is 0 Å². The van der Waals surface area contributed by atoms with Crippen LogP contribution >= 0.6 is 0 Å². The van der Waals surface area contributed by atoms with Crippen LogP contribution in [-0.2, 0) is 16.0 Å². The van der Waals surface area contributed by atoms with Gasteiger partial charge in [0.2, 0.25) is 11.8 Å². The van der Waals surface area contributed by atoms with Crippen LogP contribution in [0.1, 0.15) is 74.0 Å². The highest BCUT2D eigenvalue weighted by molar-refractivity contribution is 5.81. The lowest BCUT2D eigenvalue weighted by atomic mass is 9.99. The van der Waals surface area contributed by atoms with Gasteiger partial charge in [-0.3, -0.25) is 9.59 Å². The van der Waals surface area contributed by atoms with Crippen molar-refractivity contribution >= 4 is 17.5 Å². The molecule has 7 heteroatoms. The first-order chi connectivity index (χ1) is 15.4. The van der Waals surface area contributed by atoms with Gasteiger partial charge in [-0.05, 0) is 63.9 Å². The summed E-state index contributed by atoms with van der Waals surface area (Å²) in [4.78, 5) is 34.1. The van der Waals surface area contributed by atoms with Crippen LogP contribution in [0.3, 0.4) is 0 Å². The van der Waals surface area contributed by atoms with Gasteiger partial charge >= 0.3 is 0 Å². The van der Waals surface area contributed by atoms with Crippen LogP contribution in [0.5, 0.6) is 0 Å². The zero-order chi connectivity index (χ0) is 22.4. The zero-order valence-electron chi connectivity index (χ0n) is 19.6. The van der Waals surface area contributed by atoms with Gasteiger partial charge in [0.15, 0.2) is 5.65 Å². The van der Waals surface area contributed by atoms with E-state index in [9.17, 15) is 9.59 Å². The van der Waals surface area contributed by atoms with E-state index in [-0.39, 0.29) is 17.7 Å². The molecule has 2 atom stereocenters. The molecule has 3 aliphatic rings. The van der Waals surface area contributed by atoms with E-state index < -0.39 is 0 Å². The lowest BCUT2D eigenvalue weighted by Gasteiger charge is -2.31. The van der Waals surface area contributed by atoms with Gasteiger partial charge in [0, 0.05) is 61.9 Å². The molecule has 0 unspecified atom stereocenters. The Balaban J connectivity index is 1.30. The molecule has 0 radical (unpaired) electrons. The fourth-order valence-corrected chi connectivity index (χ4v) is 5.50. The summed E-state index contributed by atoms with van der Waals surface area (Å²) in [6.07, 6.45) is 6.63. The number of rotatable bonds is 5. The fourth-order valence-electron chi connectivity index (χ4n) is 5.50. The van der Waals surface area contributed by atoms with E-state index in [1.54, 1.807) is 0 Å². The van der Waals surface area contributed by atoms with Crippen LogP contribution in [0.4, 0.5) is 0 Å². The standard InChI is InChI=1S/C25H35N5O2/c1-16-5-4-11-28(14-16)24(31)9-8-21-17(2)26-23-13-22(27-30(23)18(21)3)20-10-12-29(15-20)25(32)19-6-7-19/h13,16,19-20H,4-12,14-15H2,1-3H3/t16-,20+/m0/s1. The molecule has 172 valence electrons. The van der Waals surface area contributed by atoms with Gasteiger partial charge in [0.05, 0.1) is 5.69 Å². The average Bonchev–Trinajstić information content (AvgIpc) is 3.34. The number of likely N-dealkylation sites (tertiary alicyclic amines) is 2. The van der Waals surface area contributed by atoms with Crippen LogP contribution < -0.4 is 0 Å². The minimum Gasteiger partial charge on any atom is -0.342 e. The molecule has 0 aromatic carbocycles. The summed E-state index contributed by atoms with van der Waals surface area (Å²) in [6.45, 7) is 9.73. The molecule has 32 heavy (non-hydrogen) atoms. The summed E-state index contributed by atoms with van der Waals surface area (Å²) in [5.74, 6) is 1.74. The van der Waals surface area contributed by atoms with Crippen molar-refractivity contribution in [1.82, 2.24) is 24.4 Å². The van der Waals surface area contributed by atoms with Crippen LogP contribution in [0.2, 0.25) is 0 Å². The minimum atomic E-state index is 0.253. The van der Waals surface area contributed by atoms with Crippen molar-refractivity contribution in [1.29, 1.82) is 0 Å². The smallest absolute Gasteiger partial charge is 0.225 e. The van der Waals surface area contributed by atoms with E-state index in [4.69, 9.17) is 10.1 Å². The van der Waals surface area contributed by atoms with E-state index in [2.05, 4.69) is 19.9 Å². The van der Waals surface area contributed by atoms with Crippen LogP contribution in [0, 0.1) is 25.7 Å². The van der Waals surface area contributed by atoms with Gasteiger partial charge < -0.3 is 9.80 Å². The third kappa shape index (κ3) is 4.14. The van der Waals surface area contributed by atoms with Crippen molar-refractivity contribution in [2.75, 3.05) is 26.2 Å². The molecule has 2 amide bonds. The summed E-state index contributed by atoms with van der Waals surface area (Å²) in [7, 11) is 0. The van der Waals surface area contributed by atoms with E-state index in [0.29, 0.717) is 24.7 Å². The topological polar surface area (TPSA) is 70.8 Å². The first kappa shape index (κ1) is 21.4. The van der Waals surface area contributed by atoms with E-state index in [1.807, 2.05) is 21.2 Å². The van der Waals surface area contributed by atoms with Gasteiger partial charge in [-0.1, -0.05) is 6.92 Å². The molecule has 0 N–H and O–H groups in total. The first-order valence-electron chi connectivity index (χ1n) is 12.3. The summed E-state index contributed by atoms with van der Waals surface area (Å²) < 4.78 is 1.94. The molecule has 3 fully saturated rings. The maximum absolute atomic E-state index is 12.8. The Morgan fingerprint density at radius 1 is 1.06 bits per heavy atom. The van der Waals surface area contributed by atoms with Gasteiger partial charge in [-0.25, -0.2) is 9.50 Å². The molecule has 2 saturated heterocycles. The highest BCUT2D eigenvalue weighted by Crippen LogP contribution is 2.35. The number of fused-ring (bicyclic) bond motifs is 1. The lowest BCUT2D eigenvalue weighted by molar-refractivity contribution is -0.133. The van der Waals surface area contributed by atoms with Gasteiger partial charge in [0.25, 0.3) is 0 Å². The van der Waals surface area contributed by atoms with E-state index in [1.165, 1.54) is 6.42 Å². The van der Waals surface area contributed by atoms with E-state index >= 15 is 0 Å². The lowest BCUT2D eigenvalue weighted by Crippen LogP contribution is -2.39. The first-order valence-corrected chi connectivity index (χ1v) is 12.3. The predicted octanol–water partition coefficient (Wildman–Crippen LogP) is 3.26. The number of carbonyl (C=O) groups is 2. The van der Waals surface area contributed by atoms with Crippen molar-refractivity contribution in [2.45, 2.75) is 71.6 Å². The van der Waals surface area contributed by atoms with Crippen molar-refractivity contribution in [2.24, 2.45) is 11.8 Å². The van der Waals surface area contributed by atoms with Crippen LogP contribution in [0.15, 0.2) is 6.07 Å². The molecule has 4 heterocycles. The third-order valence-corrected chi connectivity index (χ3v) is 7.63. The highest BCUT2D eigenvalue weighted by Gasteiger charge is 2.37. The van der Waals surface area contributed by atoms with Crippen molar-refractivity contribution in [3.8, 4) is 0 Å². The maximum atomic E-state index is 12.8. The number of nitrogens with zero attached hydrogens (tertiary/aromatic N) is 5.